The van der Waals surface area contributed by atoms with Crippen LogP contribution < -0.4 is 0 Å². The van der Waals surface area contributed by atoms with Gasteiger partial charge in [-0.3, -0.25) is 14.4 Å². The molecule has 0 amide bonds. The number of rotatable bonds is 34. The second-order valence-electron chi connectivity index (χ2n) is 18.9. The van der Waals surface area contributed by atoms with Crippen molar-refractivity contribution in [1.29, 1.82) is 0 Å². The van der Waals surface area contributed by atoms with Gasteiger partial charge in [0.1, 0.15) is 62.0 Å². The van der Waals surface area contributed by atoms with Crippen molar-refractivity contribution in [2.24, 2.45) is 23.7 Å². The number of aliphatic hydroxyl groups is 9. The number of unbranched alkanes of at least 4 members (excludes halogenated alkanes) is 3. The fourth-order valence-electron chi connectivity index (χ4n) is 8.30. The first-order valence-electron chi connectivity index (χ1n) is 23.9. The van der Waals surface area contributed by atoms with Gasteiger partial charge in [0.25, 0.3) is 0 Å². The highest BCUT2D eigenvalue weighted by atomic mass is 16.7. The number of carbonyl (C=O) groups excluding carboxylic acids is 3. The third-order valence-electron chi connectivity index (χ3n) is 12.5. The lowest BCUT2D eigenvalue weighted by Crippen LogP contribution is -2.55. The Hall–Kier alpha value is -1.71. The van der Waals surface area contributed by atoms with Crippen LogP contribution >= 0.6 is 0 Å². The van der Waals surface area contributed by atoms with Crippen molar-refractivity contribution in [2.75, 3.05) is 72.7 Å². The average molecular weight is 971 g/mol. The van der Waals surface area contributed by atoms with Gasteiger partial charge in [0, 0.05) is 56.8 Å². The molecule has 3 saturated heterocycles. The summed E-state index contributed by atoms with van der Waals surface area (Å²) in [6.07, 6.45) is -8.80. The van der Waals surface area contributed by atoms with Gasteiger partial charge < -0.3 is 88.6 Å². The van der Waals surface area contributed by atoms with Gasteiger partial charge in [0.2, 0.25) is 0 Å². The maximum Gasteiger partial charge on any atom is 0.163 e. The van der Waals surface area contributed by atoms with Crippen molar-refractivity contribution < 1.29 is 103 Å². The van der Waals surface area contributed by atoms with Crippen LogP contribution in [0, 0.1) is 23.7 Å². The Balaban J connectivity index is 1.49. The van der Waals surface area contributed by atoms with E-state index in [2.05, 4.69) is 0 Å². The zero-order valence-corrected chi connectivity index (χ0v) is 40.0. The van der Waals surface area contributed by atoms with E-state index in [0.29, 0.717) is 44.9 Å². The third kappa shape index (κ3) is 19.4. The Bertz CT molecular complexity index is 1340. The number of aliphatic hydroxyl groups excluding tert-OH is 9. The van der Waals surface area contributed by atoms with Gasteiger partial charge in [0.05, 0.1) is 51.3 Å². The van der Waals surface area contributed by atoms with E-state index in [1.54, 1.807) is 20.8 Å². The first-order valence-corrected chi connectivity index (χ1v) is 23.9. The molecule has 0 aromatic heterocycles. The Morgan fingerprint density at radius 2 is 0.806 bits per heavy atom. The van der Waals surface area contributed by atoms with Crippen LogP contribution in [-0.2, 0) is 57.0 Å². The molecule has 3 aliphatic heterocycles. The van der Waals surface area contributed by atoms with Crippen molar-refractivity contribution >= 4 is 17.3 Å². The largest absolute Gasteiger partial charge is 0.394 e. The Kier molecular flexibility index (Phi) is 27.5. The van der Waals surface area contributed by atoms with E-state index in [1.165, 1.54) is 0 Å². The average Bonchev–Trinajstić information content (AvgIpc) is 3.30. The first-order chi connectivity index (χ1) is 31.9. The SMILES string of the molecule is CC(C)CC(COCC(=O)CCCCO[C@@H]1OC(CO)[C@H](O)[C@H](O)C1C)(COCC(=O)CCCCO[C@@H]1OC(CO)[C@H](O)[C@H](O)C1C)OCC(=O)CCCCO[C@@H]1OC(CO)[C@H](O)[C@H](O)C1C. The van der Waals surface area contributed by atoms with Gasteiger partial charge in [-0.25, -0.2) is 0 Å². The van der Waals surface area contributed by atoms with Crippen molar-refractivity contribution in [1.82, 2.24) is 0 Å². The number of hydrogen-bond donors (Lipinski definition) is 9. The summed E-state index contributed by atoms with van der Waals surface area (Å²) in [6, 6.07) is 0. The van der Waals surface area contributed by atoms with Gasteiger partial charge in [-0.1, -0.05) is 34.6 Å². The molecule has 0 aromatic carbocycles. The van der Waals surface area contributed by atoms with E-state index < -0.39 is 117 Å². The molecule has 21 nitrogen and oxygen atoms in total. The van der Waals surface area contributed by atoms with Crippen molar-refractivity contribution in [3.63, 3.8) is 0 Å². The molecule has 392 valence electrons. The lowest BCUT2D eigenvalue weighted by molar-refractivity contribution is -0.282. The lowest BCUT2D eigenvalue weighted by atomic mass is 9.92. The standard InChI is InChI=1S/C46H82O21/c1-27(2)18-46(64-24-33(52)14-8-11-17-63-45-30(5)39(55)42(58)36(21-49)67-45,25-59-22-31(50)12-6-9-15-61-43-28(3)37(53)40(56)34(19-47)65-43)26-60-23-32(51)13-7-10-16-62-44-29(4)38(54)41(57)35(20-48)66-44/h27-30,34-45,47-49,53-58H,6-26H2,1-5H3/t28?,29?,30?,34?,35?,36?,37-,38-,39-,40+,41+,42+,43-,44-,45-,46?/m1/s1. The molecule has 3 fully saturated rings. The minimum atomic E-state index is -1.24. The number of hydrogen-bond acceptors (Lipinski definition) is 21. The summed E-state index contributed by atoms with van der Waals surface area (Å²) in [7, 11) is 0. The Morgan fingerprint density at radius 1 is 0.493 bits per heavy atom. The van der Waals surface area contributed by atoms with Gasteiger partial charge in [-0.15, -0.1) is 0 Å². The first kappa shape index (κ1) is 59.6. The molecular weight excluding hydrogens is 888 g/mol. The van der Waals surface area contributed by atoms with Crippen LogP contribution in [-0.4, -0.2) is 215 Å². The fraction of sp³-hybridized carbons (Fsp3) is 0.935. The minimum absolute atomic E-state index is 0.0288. The zero-order chi connectivity index (χ0) is 49.7. The molecule has 6 unspecified atom stereocenters. The van der Waals surface area contributed by atoms with E-state index >= 15 is 0 Å². The molecule has 9 N–H and O–H groups in total. The monoisotopic (exact) mass is 971 g/mol. The molecule has 21 heteroatoms. The molecule has 3 aliphatic rings. The smallest absolute Gasteiger partial charge is 0.163 e. The quantitative estimate of drug-likeness (QED) is 0.0361. The molecule has 3 rings (SSSR count). The van der Waals surface area contributed by atoms with E-state index in [0.717, 1.165) is 0 Å². The second-order valence-corrected chi connectivity index (χ2v) is 18.9. The van der Waals surface area contributed by atoms with Crippen LogP contribution in [0.4, 0.5) is 0 Å². The van der Waals surface area contributed by atoms with Crippen LogP contribution in [0.1, 0.15) is 98.8 Å². The van der Waals surface area contributed by atoms with Gasteiger partial charge >= 0.3 is 0 Å². The number of carbonyl (C=O) groups is 3. The van der Waals surface area contributed by atoms with E-state index in [-0.39, 0.29) is 95.4 Å². The maximum absolute atomic E-state index is 13.1. The third-order valence-corrected chi connectivity index (χ3v) is 12.5. The summed E-state index contributed by atoms with van der Waals surface area (Å²) in [6.45, 7) is 7.12. The number of ether oxygens (including phenoxy) is 9. The van der Waals surface area contributed by atoms with Crippen molar-refractivity contribution in [3.8, 4) is 0 Å². The molecular formula is C46H82O21. The molecule has 15 atom stereocenters. The Morgan fingerprint density at radius 3 is 1.10 bits per heavy atom. The number of Topliss-reactive ketones (excluding diaryl/α,β-unsaturated/α-hetero) is 3. The summed E-state index contributed by atoms with van der Waals surface area (Å²) >= 11 is 0. The highest BCUT2D eigenvalue weighted by Crippen LogP contribution is 2.30. The molecule has 67 heavy (non-hydrogen) atoms. The molecule has 0 spiro atoms. The zero-order valence-electron chi connectivity index (χ0n) is 40.0. The molecule has 0 saturated carbocycles. The highest BCUT2D eigenvalue weighted by molar-refractivity contribution is 5.80. The van der Waals surface area contributed by atoms with Crippen LogP contribution in [0.3, 0.4) is 0 Å². The molecule has 0 aromatic rings. The van der Waals surface area contributed by atoms with E-state index in [1.807, 2.05) is 13.8 Å². The lowest BCUT2D eigenvalue weighted by Gasteiger charge is -2.40. The molecule has 0 bridgehead atoms. The Labute approximate surface area is 394 Å². The van der Waals surface area contributed by atoms with Gasteiger partial charge in [0.15, 0.2) is 36.2 Å². The van der Waals surface area contributed by atoms with Crippen LogP contribution in [0.15, 0.2) is 0 Å². The predicted molar refractivity (Wildman–Crippen MR) is 235 cm³/mol. The second kappa shape index (κ2) is 30.9. The summed E-state index contributed by atoms with van der Waals surface area (Å²) in [5.74, 6) is -2.16. The maximum atomic E-state index is 13.1. The number of ketones is 3. The van der Waals surface area contributed by atoms with Crippen molar-refractivity contribution in [3.05, 3.63) is 0 Å². The summed E-state index contributed by atoms with van der Waals surface area (Å²) in [5.41, 5.74) is -1.19. The summed E-state index contributed by atoms with van der Waals surface area (Å²) in [4.78, 5) is 39.0. The fourth-order valence-corrected chi connectivity index (χ4v) is 8.30. The summed E-state index contributed by atoms with van der Waals surface area (Å²) in [5, 5.41) is 89.5. The highest BCUT2D eigenvalue weighted by Gasteiger charge is 2.45. The van der Waals surface area contributed by atoms with Crippen LogP contribution in [0.25, 0.3) is 0 Å². The minimum Gasteiger partial charge on any atom is -0.394 e. The van der Waals surface area contributed by atoms with Crippen LogP contribution in [0.5, 0.6) is 0 Å². The molecule has 0 radical (unpaired) electrons. The van der Waals surface area contributed by atoms with Crippen LogP contribution in [0.2, 0.25) is 0 Å². The van der Waals surface area contributed by atoms with Gasteiger partial charge in [-0.2, -0.15) is 0 Å². The van der Waals surface area contributed by atoms with E-state index in [4.69, 9.17) is 42.6 Å². The molecule has 0 aliphatic carbocycles. The van der Waals surface area contributed by atoms with Crippen molar-refractivity contribution in [2.45, 2.75) is 178 Å². The summed E-state index contributed by atoms with van der Waals surface area (Å²) < 4.78 is 52.2. The predicted octanol–water partition coefficient (Wildman–Crippen LogP) is -0.686. The van der Waals surface area contributed by atoms with E-state index in [9.17, 15) is 60.3 Å². The normalized spacial score (nSPS) is 33.4. The van der Waals surface area contributed by atoms with Gasteiger partial charge in [-0.05, 0) is 50.9 Å². The molecule has 3 heterocycles. The topological polar surface area (TPSA) is 316 Å².